The summed E-state index contributed by atoms with van der Waals surface area (Å²) in [7, 11) is 1.82. The quantitative estimate of drug-likeness (QED) is 0.819. The van der Waals surface area contributed by atoms with Gasteiger partial charge in [0.25, 0.3) is 0 Å². The van der Waals surface area contributed by atoms with Gasteiger partial charge in [0.2, 0.25) is 0 Å². The van der Waals surface area contributed by atoms with Gasteiger partial charge in [-0.3, -0.25) is 9.88 Å². The number of nitrogens with zero attached hydrogens (tertiary/aromatic N) is 4. The van der Waals surface area contributed by atoms with Gasteiger partial charge < -0.3 is 14.7 Å². The predicted molar refractivity (Wildman–Crippen MR) is 110 cm³/mol. The third kappa shape index (κ3) is 3.73. The van der Waals surface area contributed by atoms with Crippen LogP contribution in [0.3, 0.4) is 0 Å². The number of aliphatic imine (C=N–C) groups is 1. The van der Waals surface area contributed by atoms with E-state index in [9.17, 15) is 5.11 Å². The first-order valence-electron chi connectivity index (χ1n) is 8.96. The van der Waals surface area contributed by atoms with Crippen LogP contribution in [0.4, 0.5) is 0 Å². The highest BCUT2D eigenvalue weighted by Crippen LogP contribution is 2.35. The van der Waals surface area contributed by atoms with Crippen LogP contribution in [0.5, 0.6) is 0 Å². The lowest BCUT2D eigenvalue weighted by atomic mass is 10.1. The molecule has 146 valence electrons. The fourth-order valence-corrected chi connectivity index (χ4v) is 4.11. The molecule has 1 aromatic carbocycles. The minimum absolute atomic E-state index is 0.158. The second kappa shape index (κ2) is 8.09. The molecule has 1 aromatic heterocycles. The number of pyridine rings is 1. The molecule has 0 amide bonds. The van der Waals surface area contributed by atoms with E-state index in [0.29, 0.717) is 35.5 Å². The van der Waals surface area contributed by atoms with Gasteiger partial charge in [-0.1, -0.05) is 29.3 Å². The maximum atomic E-state index is 10.5. The summed E-state index contributed by atoms with van der Waals surface area (Å²) in [6, 6.07) is 9.18. The Morgan fingerprint density at radius 1 is 1.14 bits per heavy atom. The second-order valence-electron chi connectivity index (χ2n) is 6.70. The number of morpholine rings is 1. The molecule has 28 heavy (non-hydrogen) atoms. The van der Waals surface area contributed by atoms with E-state index in [1.807, 2.05) is 37.4 Å². The first kappa shape index (κ1) is 19.2. The van der Waals surface area contributed by atoms with Gasteiger partial charge in [-0.05, 0) is 24.3 Å². The Bertz CT molecular complexity index is 899. The Morgan fingerprint density at radius 3 is 2.57 bits per heavy atom. The number of rotatable bonds is 3. The lowest BCUT2D eigenvalue weighted by Gasteiger charge is -2.42. The van der Waals surface area contributed by atoms with Gasteiger partial charge in [-0.25, -0.2) is 4.99 Å². The second-order valence-corrected chi connectivity index (χ2v) is 7.51. The summed E-state index contributed by atoms with van der Waals surface area (Å²) in [5.74, 6) is 0.158. The molecule has 2 aliphatic heterocycles. The fourth-order valence-electron chi connectivity index (χ4n) is 3.47. The maximum absolute atomic E-state index is 10.5. The van der Waals surface area contributed by atoms with Crippen molar-refractivity contribution >= 4 is 28.9 Å². The van der Waals surface area contributed by atoms with Crippen LogP contribution in [-0.2, 0) is 4.74 Å². The summed E-state index contributed by atoms with van der Waals surface area (Å²) in [5, 5.41) is 11.6. The predicted octanol–water partition coefficient (Wildman–Crippen LogP) is 3.88. The molecular weight excluding hydrogens is 399 g/mol. The lowest BCUT2D eigenvalue weighted by Crippen LogP contribution is -2.52. The molecule has 0 saturated carbocycles. The lowest BCUT2D eigenvalue weighted by molar-refractivity contribution is -0.0709. The molecule has 2 atom stereocenters. The van der Waals surface area contributed by atoms with E-state index < -0.39 is 0 Å². The minimum Gasteiger partial charge on any atom is -0.495 e. The van der Waals surface area contributed by atoms with E-state index in [4.69, 9.17) is 32.9 Å². The molecule has 4 rings (SSSR count). The maximum Gasteiger partial charge on any atom is 0.191 e. The molecule has 1 fully saturated rings. The molecule has 2 aliphatic rings. The van der Waals surface area contributed by atoms with Crippen LogP contribution in [0.2, 0.25) is 10.0 Å². The summed E-state index contributed by atoms with van der Waals surface area (Å²) in [4.78, 5) is 12.8. The van der Waals surface area contributed by atoms with E-state index >= 15 is 0 Å². The average Bonchev–Trinajstić information content (AvgIpc) is 2.71. The number of aromatic nitrogens is 1. The minimum atomic E-state index is -0.360. The zero-order valence-electron chi connectivity index (χ0n) is 15.3. The van der Waals surface area contributed by atoms with Gasteiger partial charge in [0.1, 0.15) is 0 Å². The van der Waals surface area contributed by atoms with Crippen LogP contribution in [0, 0.1) is 0 Å². The molecule has 3 heterocycles. The summed E-state index contributed by atoms with van der Waals surface area (Å²) < 4.78 is 5.96. The molecule has 0 aliphatic carbocycles. The van der Waals surface area contributed by atoms with Gasteiger partial charge in [0, 0.05) is 59.8 Å². The Morgan fingerprint density at radius 2 is 1.86 bits per heavy atom. The molecule has 0 bridgehead atoms. The summed E-state index contributed by atoms with van der Waals surface area (Å²) in [6.45, 7) is 1.74. The molecule has 1 N–H and O–H groups in total. The normalized spacial score (nSPS) is 23.3. The van der Waals surface area contributed by atoms with Gasteiger partial charge in [0.05, 0.1) is 18.4 Å². The number of hydrogen-bond donors (Lipinski definition) is 1. The average molecular weight is 419 g/mol. The van der Waals surface area contributed by atoms with Crippen molar-refractivity contribution in [3.05, 3.63) is 75.9 Å². The molecule has 1 saturated heterocycles. The van der Waals surface area contributed by atoms with Crippen LogP contribution in [-0.4, -0.2) is 58.6 Å². The number of ether oxygens (including phenoxy) is 1. The molecule has 8 heteroatoms. The Labute approximate surface area is 173 Å². The molecule has 0 spiro atoms. The summed E-state index contributed by atoms with van der Waals surface area (Å²) >= 11 is 12.8. The Kier molecular flexibility index (Phi) is 5.55. The van der Waals surface area contributed by atoms with Crippen molar-refractivity contribution < 1.29 is 9.84 Å². The highest BCUT2D eigenvalue weighted by atomic mass is 35.5. The van der Waals surface area contributed by atoms with Crippen molar-refractivity contribution in [1.29, 1.82) is 0 Å². The largest absolute Gasteiger partial charge is 0.495 e. The number of aliphatic hydroxyl groups excluding tert-OH is 1. The van der Waals surface area contributed by atoms with E-state index in [2.05, 4.69) is 9.88 Å². The molecular formula is C20H20Cl2N4O2. The highest BCUT2D eigenvalue weighted by Gasteiger charge is 2.33. The molecule has 6 nitrogen and oxygen atoms in total. The standard InChI is InChI=1S/C20H20Cl2N4O2/c1-25-18(27)11-16(13-5-7-23-8-6-13)24-20(25)26-9-10-28-17(12-26)19-14(21)3-2-4-15(19)22/h2-8,11,17,20,27H,9-10,12H2,1H3/t17?,20-/m0/s1. The molecule has 2 aromatic rings. The number of aliphatic hydroxyl groups is 1. The van der Waals surface area contributed by atoms with Crippen molar-refractivity contribution in [3.63, 3.8) is 0 Å². The topological polar surface area (TPSA) is 61.2 Å². The number of hydrogen-bond acceptors (Lipinski definition) is 6. The third-order valence-electron chi connectivity index (χ3n) is 4.95. The van der Waals surface area contributed by atoms with Crippen molar-refractivity contribution in [2.75, 3.05) is 26.7 Å². The van der Waals surface area contributed by atoms with Crippen LogP contribution in [0.1, 0.15) is 17.2 Å². The van der Waals surface area contributed by atoms with Gasteiger partial charge in [0.15, 0.2) is 12.2 Å². The highest BCUT2D eigenvalue weighted by molar-refractivity contribution is 6.36. The van der Waals surface area contributed by atoms with Crippen LogP contribution in [0.25, 0.3) is 0 Å². The molecule has 0 radical (unpaired) electrons. The number of benzene rings is 1. The van der Waals surface area contributed by atoms with Crippen molar-refractivity contribution in [1.82, 2.24) is 14.8 Å². The SMILES string of the molecule is CN1C(O)=CC(c2ccncc2)=N[C@@H]1N1CCOC(c2c(Cl)cccc2Cl)C1. The number of allylic oxidation sites excluding steroid dienone is 1. The van der Waals surface area contributed by atoms with Crippen molar-refractivity contribution in [3.8, 4) is 0 Å². The smallest absolute Gasteiger partial charge is 0.191 e. The van der Waals surface area contributed by atoms with Crippen molar-refractivity contribution in [2.45, 2.75) is 12.4 Å². The Balaban J connectivity index is 1.62. The monoisotopic (exact) mass is 418 g/mol. The van der Waals surface area contributed by atoms with Gasteiger partial charge in [-0.2, -0.15) is 0 Å². The van der Waals surface area contributed by atoms with E-state index in [0.717, 1.165) is 11.1 Å². The zero-order valence-corrected chi connectivity index (χ0v) is 16.8. The van der Waals surface area contributed by atoms with E-state index in [1.54, 1.807) is 23.4 Å². The fraction of sp³-hybridized carbons (Fsp3) is 0.300. The Hall–Kier alpha value is -2.12. The van der Waals surface area contributed by atoms with Gasteiger partial charge in [-0.15, -0.1) is 0 Å². The zero-order chi connectivity index (χ0) is 19.7. The van der Waals surface area contributed by atoms with Crippen molar-refractivity contribution in [2.24, 2.45) is 4.99 Å². The van der Waals surface area contributed by atoms with E-state index in [1.165, 1.54) is 0 Å². The van der Waals surface area contributed by atoms with Crippen LogP contribution >= 0.6 is 23.2 Å². The van der Waals surface area contributed by atoms with Gasteiger partial charge >= 0.3 is 0 Å². The number of halogens is 2. The first-order chi connectivity index (χ1) is 13.5. The first-order valence-corrected chi connectivity index (χ1v) is 9.71. The van der Waals surface area contributed by atoms with Crippen LogP contribution < -0.4 is 0 Å². The van der Waals surface area contributed by atoms with Crippen LogP contribution in [0.15, 0.2) is 59.7 Å². The summed E-state index contributed by atoms with van der Waals surface area (Å²) in [6.07, 6.45) is 4.45. The summed E-state index contributed by atoms with van der Waals surface area (Å²) in [5.41, 5.74) is 2.40. The third-order valence-corrected chi connectivity index (χ3v) is 5.61. The van der Waals surface area contributed by atoms with E-state index in [-0.39, 0.29) is 18.3 Å². The molecule has 1 unspecified atom stereocenters.